The molecule has 1 amide bonds. The van der Waals surface area contributed by atoms with Gasteiger partial charge in [-0.1, -0.05) is 37.6 Å². The van der Waals surface area contributed by atoms with Crippen molar-refractivity contribution >= 4 is 5.91 Å². The Morgan fingerprint density at radius 1 is 0.889 bits per heavy atom. The number of halogens is 2. The standard InChI is InChI=1S/C22H26F2N2O/c1-2-3-4-21(27)25-13-15-26(16-14-25)22(17-5-9-19(23)10-6-17)18-7-11-20(24)12-8-18/h5-12,22H,2-4,13-16H2,1H3. The molecule has 1 saturated heterocycles. The molecule has 0 aliphatic carbocycles. The minimum atomic E-state index is -0.275. The van der Waals surface area contributed by atoms with E-state index in [1.807, 2.05) is 4.90 Å². The summed E-state index contributed by atoms with van der Waals surface area (Å²) >= 11 is 0. The van der Waals surface area contributed by atoms with Crippen LogP contribution in [0.4, 0.5) is 8.78 Å². The first-order chi connectivity index (χ1) is 13.1. The van der Waals surface area contributed by atoms with E-state index in [1.54, 1.807) is 24.3 Å². The minimum Gasteiger partial charge on any atom is -0.340 e. The molecule has 1 aliphatic heterocycles. The van der Waals surface area contributed by atoms with E-state index >= 15 is 0 Å². The predicted molar refractivity (Wildman–Crippen MR) is 102 cm³/mol. The summed E-state index contributed by atoms with van der Waals surface area (Å²) in [6.07, 6.45) is 2.55. The van der Waals surface area contributed by atoms with Gasteiger partial charge in [0.2, 0.25) is 5.91 Å². The summed E-state index contributed by atoms with van der Waals surface area (Å²) in [5.74, 6) is -0.331. The number of hydrogen-bond acceptors (Lipinski definition) is 2. The lowest BCUT2D eigenvalue weighted by molar-refractivity contribution is -0.133. The number of hydrogen-bond donors (Lipinski definition) is 0. The molecule has 2 aromatic carbocycles. The summed E-state index contributed by atoms with van der Waals surface area (Å²) in [6, 6.07) is 12.9. The molecule has 0 bridgehead atoms. The van der Waals surface area contributed by atoms with E-state index in [4.69, 9.17) is 0 Å². The summed E-state index contributed by atoms with van der Waals surface area (Å²) in [6.45, 7) is 4.92. The summed E-state index contributed by atoms with van der Waals surface area (Å²) in [5.41, 5.74) is 1.93. The zero-order chi connectivity index (χ0) is 19.2. The second-order valence-corrected chi connectivity index (χ2v) is 7.03. The first-order valence-corrected chi connectivity index (χ1v) is 9.61. The van der Waals surface area contributed by atoms with Crippen LogP contribution in [-0.2, 0) is 4.79 Å². The van der Waals surface area contributed by atoms with Crippen LogP contribution in [-0.4, -0.2) is 41.9 Å². The molecule has 1 heterocycles. The molecule has 0 saturated carbocycles. The fourth-order valence-electron chi connectivity index (χ4n) is 3.62. The van der Waals surface area contributed by atoms with Gasteiger partial charge in [-0.15, -0.1) is 0 Å². The number of carbonyl (C=O) groups is 1. The second kappa shape index (κ2) is 9.09. The van der Waals surface area contributed by atoms with Gasteiger partial charge < -0.3 is 4.90 Å². The molecule has 0 atom stereocenters. The maximum absolute atomic E-state index is 13.4. The number of rotatable bonds is 6. The van der Waals surface area contributed by atoms with E-state index in [1.165, 1.54) is 24.3 Å². The van der Waals surface area contributed by atoms with E-state index < -0.39 is 0 Å². The van der Waals surface area contributed by atoms with Gasteiger partial charge in [-0.2, -0.15) is 0 Å². The molecule has 3 rings (SSSR count). The van der Waals surface area contributed by atoms with E-state index in [9.17, 15) is 13.6 Å². The van der Waals surface area contributed by atoms with Crippen LogP contribution in [0.25, 0.3) is 0 Å². The lowest BCUT2D eigenvalue weighted by Gasteiger charge is -2.40. The molecule has 3 nitrogen and oxygen atoms in total. The van der Waals surface area contributed by atoms with Crippen LogP contribution in [0.3, 0.4) is 0 Å². The Bertz CT molecular complexity index is 692. The van der Waals surface area contributed by atoms with E-state index in [2.05, 4.69) is 11.8 Å². The van der Waals surface area contributed by atoms with E-state index in [0.29, 0.717) is 19.5 Å². The molecule has 5 heteroatoms. The molecule has 1 aliphatic rings. The zero-order valence-corrected chi connectivity index (χ0v) is 15.7. The summed E-state index contributed by atoms with van der Waals surface area (Å²) in [5, 5.41) is 0. The quantitative estimate of drug-likeness (QED) is 0.751. The van der Waals surface area contributed by atoms with Crippen LogP contribution in [0.2, 0.25) is 0 Å². The number of amides is 1. The number of carbonyl (C=O) groups excluding carboxylic acids is 1. The van der Waals surface area contributed by atoms with Crippen LogP contribution in [0.1, 0.15) is 43.4 Å². The average molecular weight is 372 g/mol. The smallest absolute Gasteiger partial charge is 0.222 e. The van der Waals surface area contributed by atoms with Gasteiger partial charge in [0, 0.05) is 32.6 Å². The van der Waals surface area contributed by atoms with Gasteiger partial charge in [0.25, 0.3) is 0 Å². The van der Waals surface area contributed by atoms with Crippen molar-refractivity contribution in [1.82, 2.24) is 9.80 Å². The van der Waals surface area contributed by atoms with Crippen molar-refractivity contribution in [2.24, 2.45) is 0 Å². The second-order valence-electron chi connectivity index (χ2n) is 7.03. The Hall–Kier alpha value is -2.27. The van der Waals surface area contributed by atoms with E-state index in [-0.39, 0.29) is 23.6 Å². The largest absolute Gasteiger partial charge is 0.340 e. The van der Waals surface area contributed by atoms with Crippen molar-refractivity contribution in [2.45, 2.75) is 32.2 Å². The summed E-state index contributed by atoms with van der Waals surface area (Å²) < 4.78 is 26.8. The maximum Gasteiger partial charge on any atom is 0.222 e. The highest BCUT2D eigenvalue weighted by Gasteiger charge is 2.28. The Labute approximate surface area is 159 Å². The van der Waals surface area contributed by atoms with Crippen molar-refractivity contribution in [3.05, 3.63) is 71.3 Å². The Morgan fingerprint density at radius 2 is 1.37 bits per heavy atom. The molecular formula is C22H26F2N2O. The third-order valence-electron chi connectivity index (χ3n) is 5.15. The highest BCUT2D eigenvalue weighted by Crippen LogP contribution is 2.30. The fourth-order valence-corrected chi connectivity index (χ4v) is 3.62. The SMILES string of the molecule is CCCCC(=O)N1CCN(C(c2ccc(F)cc2)c2ccc(F)cc2)CC1. The number of unbranched alkanes of at least 4 members (excludes halogenated alkanes) is 1. The van der Waals surface area contributed by atoms with Gasteiger partial charge in [-0.3, -0.25) is 9.69 Å². The maximum atomic E-state index is 13.4. The van der Waals surface area contributed by atoms with Gasteiger partial charge in [0.1, 0.15) is 11.6 Å². The van der Waals surface area contributed by atoms with E-state index in [0.717, 1.165) is 37.1 Å². The molecule has 144 valence electrons. The summed E-state index contributed by atoms with van der Waals surface area (Å²) in [7, 11) is 0. The third kappa shape index (κ3) is 4.92. The lowest BCUT2D eigenvalue weighted by atomic mass is 9.96. The molecule has 27 heavy (non-hydrogen) atoms. The first-order valence-electron chi connectivity index (χ1n) is 9.61. The highest BCUT2D eigenvalue weighted by molar-refractivity contribution is 5.76. The van der Waals surface area contributed by atoms with Crippen molar-refractivity contribution < 1.29 is 13.6 Å². The topological polar surface area (TPSA) is 23.6 Å². The number of nitrogens with zero attached hydrogens (tertiary/aromatic N) is 2. The first kappa shape index (κ1) is 19.5. The van der Waals surface area contributed by atoms with Crippen LogP contribution in [0.15, 0.2) is 48.5 Å². The molecule has 2 aromatic rings. The normalized spacial score (nSPS) is 15.3. The molecule has 1 fully saturated rings. The molecule has 0 aromatic heterocycles. The van der Waals surface area contributed by atoms with Crippen molar-refractivity contribution in [3.63, 3.8) is 0 Å². The van der Waals surface area contributed by atoms with Gasteiger partial charge in [0.05, 0.1) is 6.04 Å². The van der Waals surface area contributed by atoms with Crippen LogP contribution in [0.5, 0.6) is 0 Å². The molecular weight excluding hydrogens is 346 g/mol. The molecule has 0 radical (unpaired) electrons. The van der Waals surface area contributed by atoms with Crippen molar-refractivity contribution in [1.29, 1.82) is 0 Å². The number of benzene rings is 2. The third-order valence-corrected chi connectivity index (χ3v) is 5.15. The monoisotopic (exact) mass is 372 g/mol. The minimum absolute atomic E-state index is 0.0842. The van der Waals surface area contributed by atoms with Gasteiger partial charge >= 0.3 is 0 Å². The zero-order valence-electron chi connectivity index (χ0n) is 15.7. The van der Waals surface area contributed by atoms with Crippen LogP contribution < -0.4 is 0 Å². The number of piperazine rings is 1. The van der Waals surface area contributed by atoms with Gasteiger partial charge in [0.15, 0.2) is 0 Å². The molecule has 0 spiro atoms. The molecule has 0 unspecified atom stereocenters. The Kier molecular flexibility index (Phi) is 6.56. The summed E-state index contributed by atoms with van der Waals surface area (Å²) in [4.78, 5) is 16.5. The van der Waals surface area contributed by atoms with Gasteiger partial charge in [-0.05, 0) is 41.8 Å². The van der Waals surface area contributed by atoms with Crippen LogP contribution >= 0.6 is 0 Å². The van der Waals surface area contributed by atoms with Crippen LogP contribution in [0, 0.1) is 11.6 Å². The highest BCUT2D eigenvalue weighted by atomic mass is 19.1. The predicted octanol–water partition coefficient (Wildman–Crippen LogP) is 4.39. The Morgan fingerprint density at radius 3 is 1.81 bits per heavy atom. The lowest BCUT2D eigenvalue weighted by Crippen LogP contribution is -2.49. The van der Waals surface area contributed by atoms with Gasteiger partial charge in [-0.25, -0.2) is 8.78 Å². The fraction of sp³-hybridized carbons (Fsp3) is 0.409. The average Bonchev–Trinajstić information content (AvgIpc) is 2.70. The van der Waals surface area contributed by atoms with Crippen molar-refractivity contribution in [2.75, 3.05) is 26.2 Å². The van der Waals surface area contributed by atoms with Crippen molar-refractivity contribution in [3.8, 4) is 0 Å². The molecule has 0 N–H and O–H groups in total. The Balaban J connectivity index is 1.77.